The van der Waals surface area contributed by atoms with E-state index in [9.17, 15) is 13.2 Å². The molecule has 0 bridgehead atoms. The molecular weight excluding hydrogens is 408 g/mol. The molecule has 1 saturated heterocycles. The van der Waals surface area contributed by atoms with Gasteiger partial charge >= 0.3 is 6.03 Å². The molecule has 2 N–H and O–H groups in total. The Bertz CT molecular complexity index is 916. The minimum Gasteiger partial charge on any atom is -0.494 e. The van der Waals surface area contributed by atoms with E-state index < -0.39 is 16.1 Å². The van der Waals surface area contributed by atoms with Gasteiger partial charge in [-0.15, -0.1) is 0 Å². The van der Waals surface area contributed by atoms with Crippen molar-refractivity contribution < 1.29 is 17.9 Å². The molecule has 11 heteroatoms. The van der Waals surface area contributed by atoms with Gasteiger partial charge in [-0.2, -0.15) is 4.31 Å². The molecule has 1 aliphatic rings. The molecule has 162 valence electrons. The van der Waals surface area contributed by atoms with Crippen LogP contribution in [0.15, 0.2) is 42.7 Å². The number of sulfonamides is 1. The van der Waals surface area contributed by atoms with Crippen LogP contribution in [0.5, 0.6) is 5.75 Å². The number of rotatable bonds is 8. The van der Waals surface area contributed by atoms with Gasteiger partial charge in [-0.3, -0.25) is 0 Å². The van der Waals surface area contributed by atoms with Gasteiger partial charge in [0.2, 0.25) is 16.0 Å². The first-order valence-electron chi connectivity index (χ1n) is 9.75. The largest absolute Gasteiger partial charge is 0.494 e. The Balaban J connectivity index is 1.41. The van der Waals surface area contributed by atoms with Crippen molar-refractivity contribution in [3.63, 3.8) is 0 Å². The predicted molar refractivity (Wildman–Crippen MR) is 114 cm³/mol. The summed E-state index contributed by atoms with van der Waals surface area (Å²) in [7, 11) is -3.46. The van der Waals surface area contributed by atoms with E-state index in [2.05, 4.69) is 20.6 Å². The van der Waals surface area contributed by atoms with E-state index in [1.54, 1.807) is 42.7 Å². The Morgan fingerprint density at radius 3 is 2.40 bits per heavy atom. The van der Waals surface area contributed by atoms with Crippen LogP contribution in [0, 0.1) is 0 Å². The second-order valence-corrected chi connectivity index (χ2v) is 8.68. The summed E-state index contributed by atoms with van der Waals surface area (Å²) in [6.45, 7) is 4.25. The van der Waals surface area contributed by atoms with Crippen molar-refractivity contribution in [2.24, 2.45) is 0 Å². The zero-order chi connectivity index (χ0) is 21.4. The van der Waals surface area contributed by atoms with Gasteiger partial charge in [0.1, 0.15) is 5.75 Å². The molecule has 0 atom stereocenters. The Kier molecular flexibility index (Phi) is 7.41. The van der Waals surface area contributed by atoms with Crippen molar-refractivity contribution in [1.82, 2.24) is 19.6 Å². The molecular formula is C19H26N6O4S. The van der Waals surface area contributed by atoms with E-state index in [1.165, 1.54) is 4.31 Å². The van der Waals surface area contributed by atoms with Crippen LogP contribution >= 0.6 is 0 Å². The Labute approximate surface area is 176 Å². The van der Waals surface area contributed by atoms with Crippen LogP contribution in [0.25, 0.3) is 0 Å². The summed E-state index contributed by atoms with van der Waals surface area (Å²) in [6, 6.07) is 8.23. The van der Waals surface area contributed by atoms with Crippen LogP contribution in [0.2, 0.25) is 0 Å². The molecule has 2 amide bonds. The summed E-state index contributed by atoms with van der Waals surface area (Å²) in [6.07, 6.45) is 3.32. The maximum atomic E-state index is 12.6. The number of nitrogens with zero attached hydrogens (tertiary/aromatic N) is 4. The quantitative estimate of drug-likeness (QED) is 0.640. The van der Waals surface area contributed by atoms with Crippen molar-refractivity contribution >= 4 is 27.7 Å². The molecule has 0 spiro atoms. The van der Waals surface area contributed by atoms with Crippen LogP contribution in [-0.2, 0) is 10.0 Å². The second kappa shape index (κ2) is 10.2. The summed E-state index contributed by atoms with van der Waals surface area (Å²) >= 11 is 0. The first kappa shape index (κ1) is 21.8. The molecule has 30 heavy (non-hydrogen) atoms. The molecule has 1 aromatic carbocycles. The number of ether oxygens (including phenoxy) is 1. The number of aromatic nitrogens is 2. The summed E-state index contributed by atoms with van der Waals surface area (Å²) < 4.78 is 31.9. The highest BCUT2D eigenvalue weighted by Gasteiger charge is 2.27. The fraction of sp³-hybridized carbons (Fsp3) is 0.421. The Morgan fingerprint density at radius 2 is 1.77 bits per heavy atom. The van der Waals surface area contributed by atoms with Crippen LogP contribution in [0.4, 0.5) is 16.4 Å². The number of piperazine rings is 1. The van der Waals surface area contributed by atoms with Gasteiger partial charge in [0.05, 0.1) is 12.4 Å². The third kappa shape index (κ3) is 6.04. The van der Waals surface area contributed by atoms with E-state index in [4.69, 9.17) is 4.74 Å². The Morgan fingerprint density at radius 1 is 1.10 bits per heavy atom. The van der Waals surface area contributed by atoms with Gasteiger partial charge in [-0.1, -0.05) is 0 Å². The highest BCUT2D eigenvalue weighted by molar-refractivity contribution is 7.89. The summed E-state index contributed by atoms with van der Waals surface area (Å²) in [5, 5.41) is 5.25. The smallest absolute Gasteiger partial charge is 0.319 e. The van der Waals surface area contributed by atoms with Crippen LogP contribution in [0.1, 0.15) is 6.92 Å². The van der Waals surface area contributed by atoms with Crippen molar-refractivity contribution in [2.75, 3.05) is 55.3 Å². The zero-order valence-corrected chi connectivity index (χ0v) is 17.6. The van der Waals surface area contributed by atoms with Crippen LogP contribution in [-0.4, -0.2) is 73.8 Å². The van der Waals surface area contributed by atoms with E-state index in [-0.39, 0.29) is 12.3 Å². The van der Waals surface area contributed by atoms with Gasteiger partial charge in [0, 0.05) is 50.8 Å². The molecule has 3 rings (SSSR count). The highest BCUT2D eigenvalue weighted by atomic mass is 32.2. The van der Waals surface area contributed by atoms with Crippen molar-refractivity contribution in [3.8, 4) is 5.75 Å². The lowest BCUT2D eigenvalue weighted by Gasteiger charge is -2.33. The number of hydrogen-bond acceptors (Lipinski definition) is 7. The molecule has 10 nitrogen and oxygen atoms in total. The fourth-order valence-corrected chi connectivity index (χ4v) is 4.36. The molecule has 0 radical (unpaired) electrons. The van der Waals surface area contributed by atoms with Crippen LogP contribution < -0.4 is 20.3 Å². The average Bonchev–Trinajstić information content (AvgIpc) is 2.76. The van der Waals surface area contributed by atoms with Crippen LogP contribution in [0.3, 0.4) is 0 Å². The van der Waals surface area contributed by atoms with Gasteiger partial charge in [-0.25, -0.2) is 23.2 Å². The standard InChI is InChI=1S/C19H26N6O4S/c1-2-29-17-6-4-16(5-7-17)23-19(26)22-10-15-30(27,28)25-13-11-24(12-14-25)18-20-8-3-9-21-18/h3-9H,2,10-15H2,1H3,(H2,22,23,26). The first-order chi connectivity index (χ1) is 14.5. The van der Waals surface area contributed by atoms with E-state index >= 15 is 0 Å². The van der Waals surface area contributed by atoms with Gasteiger partial charge in [-0.05, 0) is 37.3 Å². The van der Waals surface area contributed by atoms with E-state index in [1.807, 2.05) is 11.8 Å². The number of benzene rings is 1. The fourth-order valence-electron chi connectivity index (χ4n) is 3.02. The zero-order valence-electron chi connectivity index (χ0n) is 16.8. The molecule has 0 aliphatic carbocycles. The number of nitrogens with one attached hydrogen (secondary N) is 2. The maximum Gasteiger partial charge on any atom is 0.319 e. The minimum atomic E-state index is -3.46. The van der Waals surface area contributed by atoms with Gasteiger partial charge in [0.15, 0.2) is 0 Å². The topological polar surface area (TPSA) is 117 Å². The molecule has 2 heterocycles. The minimum absolute atomic E-state index is 0.0210. The van der Waals surface area contributed by atoms with Crippen molar-refractivity contribution in [1.29, 1.82) is 0 Å². The molecule has 1 fully saturated rings. The highest BCUT2D eigenvalue weighted by Crippen LogP contribution is 2.15. The maximum absolute atomic E-state index is 12.6. The van der Waals surface area contributed by atoms with Crippen molar-refractivity contribution in [3.05, 3.63) is 42.7 Å². The lowest BCUT2D eigenvalue weighted by atomic mass is 10.3. The summed E-state index contributed by atoms with van der Waals surface area (Å²) in [4.78, 5) is 22.3. The lowest BCUT2D eigenvalue weighted by molar-refractivity contribution is 0.252. The summed E-state index contributed by atoms with van der Waals surface area (Å²) in [5.41, 5.74) is 0.595. The number of amides is 2. The number of hydrogen-bond donors (Lipinski definition) is 2. The van der Waals surface area contributed by atoms with E-state index in [0.717, 1.165) is 0 Å². The molecule has 0 saturated carbocycles. The first-order valence-corrected chi connectivity index (χ1v) is 11.4. The normalized spacial score (nSPS) is 14.9. The molecule has 2 aromatic rings. The predicted octanol–water partition coefficient (Wildman–Crippen LogP) is 1.15. The third-order valence-corrected chi connectivity index (χ3v) is 6.41. The third-order valence-electron chi connectivity index (χ3n) is 4.54. The van der Waals surface area contributed by atoms with Crippen molar-refractivity contribution in [2.45, 2.75) is 6.92 Å². The monoisotopic (exact) mass is 434 g/mol. The average molecular weight is 435 g/mol. The molecule has 1 aliphatic heterocycles. The molecule has 1 aromatic heterocycles. The number of carbonyl (C=O) groups excluding carboxylic acids is 1. The lowest BCUT2D eigenvalue weighted by Crippen LogP contribution is -2.50. The number of urea groups is 1. The summed E-state index contributed by atoms with van der Waals surface area (Å²) in [5.74, 6) is 1.15. The SMILES string of the molecule is CCOc1ccc(NC(=O)NCCS(=O)(=O)N2CCN(c3ncccn3)CC2)cc1. The van der Waals surface area contributed by atoms with Gasteiger partial charge in [0.25, 0.3) is 0 Å². The molecule has 0 unspecified atom stereocenters. The van der Waals surface area contributed by atoms with E-state index in [0.29, 0.717) is 50.2 Å². The Hall–Kier alpha value is -2.92. The number of anilines is 2. The second-order valence-electron chi connectivity index (χ2n) is 6.59. The van der Waals surface area contributed by atoms with Gasteiger partial charge < -0.3 is 20.3 Å². The number of carbonyl (C=O) groups is 1.